The molecule has 0 heterocycles. The molecule has 2 unspecified atom stereocenters. The third-order valence-electron chi connectivity index (χ3n) is 3.49. The first-order valence-electron chi connectivity index (χ1n) is 8.85. The Hall–Kier alpha value is -1.26. The molecule has 0 aromatic heterocycles. The van der Waals surface area contributed by atoms with Crippen molar-refractivity contribution in [1.29, 1.82) is 0 Å². The molecular weight excluding hydrogens is 328 g/mol. The minimum Gasteiger partial charge on any atom is -0.462 e. The Kier molecular flexibility index (Phi) is 15.4. The third-order valence-corrected chi connectivity index (χ3v) is 3.49. The smallest absolute Gasteiger partial charge is 0.322 e. The molecule has 0 aliphatic heterocycles. The third kappa shape index (κ3) is 13.7. The molecular formula is C16H34N4O5. The standard InChI is InChI=1S/C16H34N4O5/c17-7-3-1-5-13(19)15(21)24-11-9-23-10-12-25-16(22)14(20)6-2-4-8-18/h13-14H,1-12,17-20H2. The molecule has 0 aliphatic carbocycles. The van der Waals surface area contributed by atoms with E-state index in [0.29, 0.717) is 25.9 Å². The molecule has 9 nitrogen and oxygen atoms in total. The maximum absolute atomic E-state index is 11.6. The molecule has 2 atom stereocenters. The molecule has 0 bridgehead atoms. The fraction of sp³-hybridized carbons (Fsp3) is 0.875. The van der Waals surface area contributed by atoms with E-state index in [0.717, 1.165) is 25.7 Å². The van der Waals surface area contributed by atoms with Gasteiger partial charge in [-0.15, -0.1) is 0 Å². The van der Waals surface area contributed by atoms with Crippen LogP contribution in [-0.4, -0.2) is 63.5 Å². The second-order valence-electron chi connectivity index (χ2n) is 5.73. The number of hydrogen-bond donors (Lipinski definition) is 4. The summed E-state index contributed by atoms with van der Waals surface area (Å²) in [4.78, 5) is 23.1. The molecule has 0 rings (SSSR count). The van der Waals surface area contributed by atoms with Crippen molar-refractivity contribution in [2.75, 3.05) is 39.5 Å². The number of carbonyl (C=O) groups excluding carboxylic acids is 2. The van der Waals surface area contributed by atoms with Gasteiger partial charge < -0.3 is 37.1 Å². The van der Waals surface area contributed by atoms with Gasteiger partial charge in [-0.05, 0) is 38.8 Å². The summed E-state index contributed by atoms with van der Waals surface area (Å²) in [5.74, 6) is -0.897. The summed E-state index contributed by atoms with van der Waals surface area (Å²) in [6, 6.07) is -1.26. The van der Waals surface area contributed by atoms with Gasteiger partial charge in [-0.3, -0.25) is 9.59 Å². The van der Waals surface area contributed by atoms with Gasteiger partial charge in [0.05, 0.1) is 13.2 Å². The van der Waals surface area contributed by atoms with E-state index in [-0.39, 0.29) is 26.4 Å². The van der Waals surface area contributed by atoms with E-state index < -0.39 is 24.0 Å². The summed E-state index contributed by atoms with van der Waals surface area (Å²) in [7, 11) is 0. The topological polar surface area (TPSA) is 166 Å². The molecule has 0 aliphatic rings. The van der Waals surface area contributed by atoms with Crippen LogP contribution >= 0.6 is 0 Å². The van der Waals surface area contributed by atoms with Gasteiger partial charge in [0, 0.05) is 0 Å². The number of esters is 2. The molecule has 0 saturated heterocycles. The lowest BCUT2D eigenvalue weighted by Crippen LogP contribution is -2.33. The van der Waals surface area contributed by atoms with Crippen LogP contribution in [-0.2, 0) is 23.8 Å². The van der Waals surface area contributed by atoms with Crippen molar-refractivity contribution in [3.63, 3.8) is 0 Å². The molecule has 8 N–H and O–H groups in total. The SMILES string of the molecule is NCCCCC(N)C(=O)OCCOCCOC(=O)C(N)CCCCN. The minimum absolute atomic E-state index is 0.107. The molecule has 0 saturated carbocycles. The zero-order chi connectivity index (χ0) is 18.9. The number of nitrogens with two attached hydrogens (primary N) is 4. The normalized spacial score (nSPS) is 13.3. The summed E-state index contributed by atoms with van der Waals surface area (Å²) >= 11 is 0. The van der Waals surface area contributed by atoms with E-state index in [1.165, 1.54) is 0 Å². The van der Waals surface area contributed by atoms with Gasteiger partial charge in [0.2, 0.25) is 0 Å². The molecule has 0 aromatic rings. The summed E-state index contributed by atoms with van der Waals surface area (Å²) < 4.78 is 15.2. The van der Waals surface area contributed by atoms with Crippen LogP contribution in [0.25, 0.3) is 0 Å². The second kappa shape index (κ2) is 16.2. The van der Waals surface area contributed by atoms with E-state index in [4.69, 9.17) is 37.1 Å². The largest absolute Gasteiger partial charge is 0.462 e. The van der Waals surface area contributed by atoms with E-state index in [1.807, 2.05) is 0 Å². The van der Waals surface area contributed by atoms with Crippen molar-refractivity contribution < 1.29 is 23.8 Å². The van der Waals surface area contributed by atoms with Gasteiger partial charge in [-0.1, -0.05) is 12.8 Å². The monoisotopic (exact) mass is 362 g/mol. The summed E-state index contributed by atoms with van der Waals surface area (Å²) in [6.45, 7) is 1.80. The van der Waals surface area contributed by atoms with Crippen LogP contribution in [0.5, 0.6) is 0 Å². The fourth-order valence-corrected chi connectivity index (χ4v) is 1.97. The Bertz CT molecular complexity index is 325. The number of unbranched alkanes of at least 4 members (excludes halogenated alkanes) is 2. The maximum Gasteiger partial charge on any atom is 0.322 e. The van der Waals surface area contributed by atoms with Crippen LogP contribution in [0.2, 0.25) is 0 Å². The van der Waals surface area contributed by atoms with Crippen molar-refractivity contribution in [2.45, 2.75) is 50.6 Å². The Morgan fingerprint density at radius 1 is 0.680 bits per heavy atom. The zero-order valence-corrected chi connectivity index (χ0v) is 15.0. The predicted octanol–water partition coefficient (Wildman–Crippen LogP) is -0.998. The van der Waals surface area contributed by atoms with Crippen LogP contribution in [0.4, 0.5) is 0 Å². The fourth-order valence-electron chi connectivity index (χ4n) is 1.97. The highest BCUT2D eigenvalue weighted by molar-refractivity contribution is 5.75. The quantitative estimate of drug-likeness (QED) is 0.199. The number of rotatable bonds is 16. The first-order valence-corrected chi connectivity index (χ1v) is 8.85. The molecule has 9 heteroatoms. The van der Waals surface area contributed by atoms with Gasteiger partial charge in [0.25, 0.3) is 0 Å². The van der Waals surface area contributed by atoms with E-state index >= 15 is 0 Å². The minimum atomic E-state index is -0.631. The number of ether oxygens (including phenoxy) is 3. The zero-order valence-electron chi connectivity index (χ0n) is 15.0. The lowest BCUT2D eigenvalue weighted by molar-refractivity contribution is -0.148. The lowest BCUT2D eigenvalue weighted by Gasteiger charge is -2.12. The van der Waals surface area contributed by atoms with E-state index in [2.05, 4.69) is 0 Å². The van der Waals surface area contributed by atoms with Crippen molar-refractivity contribution in [3.05, 3.63) is 0 Å². The van der Waals surface area contributed by atoms with E-state index in [9.17, 15) is 9.59 Å². The maximum atomic E-state index is 11.6. The van der Waals surface area contributed by atoms with E-state index in [1.54, 1.807) is 0 Å². The highest BCUT2D eigenvalue weighted by atomic mass is 16.6. The summed E-state index contributed by atoms with van der Waals surface area (Å²) in [6.07, 6.45) is 4.36. The summed E-state index contributed by atoms with van der Waals surface area (Å²) in [5.41, 5.74) is 22.1. The highest BCUT2D eigenvalue weighted by Gasteiger charge is 2.15. The Morgan fingerprint density at radius 2 is 1.08 bits per heavy atom. The summed E-state index contributed by atoms with van der Waals surface area (Å²) in [5, 5.41) is 0. The van der Waals surface area contributed by atoms with Crippen LogP contribution in [0.3, 0.4) is 0 Å². The van der Waals surface area contributed by atoms with Gasteiger partial charge in [0.15, 0.2) is 0 Å². The van der Waals surface area contributed by atoms with Crippen LogP contribution in [0.15, 0.2) is 0 Å². The van der Waals surface area contributed by atoms with Crippen molar-refractivity contribution in [3.8, 4) is 0 Å². The van der Waals surface area contributed by atoms with Crippen LogP contribution in [0.1, 0.15) is 38.5 Å². The van der Waals surface area contributed by atoms with Gasteiger partial charge >= 0.3 is 11.9 Å². The van der Waals surface area contributed by atoms with Crippen molar-refractivity contribution in [2.24, 2.45) is 22.9 Å². The Labute approximate surface area is 149 Å². The molecule has 25 heavy (non-hydrogen) atoms. The Morgan fingerprint density at radius 3 is 1.44 bits per heavy atom. The molecule has 0 spiro atoms. The molecule has 0 fully saturated rings. The van der Waals surface area contributed by atoms with Crippen molar-refractivity contribution >= 4 is 11.9 Å². The molecule has 0 radical (unpaired) electrons. The first kappa shape index (κ1) is 23.7. The first-order chi connectivity index (χ1) is 12.0. The van der Waals surface area contributed by atoms with Gasteiger partial charge in [-0.2, -0.15) is 0 Å². The van der Waals surface area contributed by atoms with Crippen LogP contribution < -0.4 is 22.9 Å². The Balaban J connectivity index is 3.54. The second-order valence-corrected chi connectivity index (χ2v) is 5.73. The molecule has 148 valence electrons. The van der Waals surface area contributed by atoms with Gasteiger partial charge in [0.1, 0.15) is 25.3 Å². The lowest BCUT2D eigenvalue weighted by atomic mass is 10.1. The number of carbonyl (C=O) groups is 2. The van der Waals surface area contributed by atoms with Gasteiger partial charge in [-0.25, -0.2) is 0 Å². The highest BCUT2D eigenvalue weighted by Crippen LogP contribution is 2.01. The van der Waals surface area contributed by atoms with Crippen LogP contribution in [0, 0.1) is 0 Å². The predicted molar refractivity (Wildman–Crippen MR) is 94.5 cm³/mol. The number of hydrogen-bond acceptors (Lipinski definition) is 9. The average Bonchev–Trinajstić information content (AvgIpc) is 2.60. The average molecular weight is 362 g/mol. The van der Waals surface area contributed by atoms with Crippen molar-refractivity contribution in [1.82, 2.24) is 0 Å². The molecule has 0 aromatic carbocycles. The molecule has 0 amide bonds.